The highest BCUT2D eigenvalue weighted by atomic mass is 35.5. The summed E-state index contributed by atoms with van der Waals surface area (Å²) in [6.07, 6.45) is 1.98. The summed E-state index contributed by atoms with van der Waals surface area (Å²) in [5.41, 5.74) is 1.85. The summed E-state index contributed by atoms with van der Waals surface area (Å²) in [7, 11) is 3.30. The van der Waals surface area contributed by atoms with Crippen LogP contribution in [0.2, 0.25) is 0 Å². The number of rotatable bonds is 4. The fraction of sp³-hybridized carbons (Fsp3) is 0.188. The fourth-order valence-corrected chi connectivity index (χ4v) is 2.11. The number of ether oxygens (including phenoxy) is 2. The van der Waals surface area contributed by atoms with Gasteiger partial charge in [0.1, 0.15) is 11.5 Å². The summed E-state index contributed by atoms with van der Waals surface area (Å²) >= 11 is 1.56. The predicted octanol–water partition coefficient (Wildman–Crippen LogP) is 4.59. The van der Waals surface area contributed by atoms with Crippen molar-refractivity contribution in [1.82, 2.24) is 0 Å². The maximum atomic E-state index is 5.14. The van der Waals surface area contributed by atoms with Gasteiger partial charge in [0.05, 0.1) is 19.9 Å². The van der Waals surface area contributed by atoms with Crippen LogP contribution in [0.5, 0.6) is 11.5 Å². The van der Waals surface area contributed by atoms with Crippen molar-refractivity contribution < 1.29 is 9.47 Å². The van der Waals surface area contributed by atoms with E-state index in [1.807, 2.05) is 54.8 Å². The molecule has 0 aliphatic heterocycles. The first kappa shape index (κ1) is 18.2. The Morgan fingerprint density at radius 2 is 1.41 bits per heavy atom. The van der Waals surface area contributed by atoms with Gasteiger partial charge in [-0.1, -0.05) is 11.8 Å². The van der Waals surface area contributed by atoms with Crippen molar-refractivity contribution in [3.05, 3.63) is 48.5 Å². The molecule has 22 heavy (non-hydrogen) atoms. The lowest BCUT2D eigenvalue weighted by Crippen LogP contribution is -2.06. The van der Waals surface area contributed by atoms with Crippen molar-refractivity contribution in [2.75, 3.05) is 25.8 Å². The fourth-order valence-electron chi connectivity index (χ4n) is 1.70. The maximum Gasteiger partial charge on any atom is 0.165 e. The summed E-state index contributed by atoms with van der Waals surface area (Å²) in [5.74, 6) is 1.65. The Kier molecular flexibility index (Phi) is 7.63. The van der Waals surface area contributed by atoms with E-state index in [0.717, 1.165) is 28.0 Å². The monoisotopic (exact) mass is 338 g/mol. The van der Waals surface area contributed by atoms with Gasteiger partial charge in [-0.15, -0.1) is 12.4 Å². The third-order valence-corrected chi connectivity index (χ3v) is 3.42. The molecule has 0 fully saturated rings. The minimum Gasteiger partial charge on any atom is -0.497 e. The molecule has 0 unspecified atom stereocenters. The van der Waals surface area contributed by atoms with Crippen molar-refractivity contribution in [2.24, 2.45) is 4.99 Å². The van der Waals surface area contributed by atoms with Crippen molar-refractivity contribution in [3.8, 4) is 11.5 Å². The van der Waals surface area contributed by atoms with Crippen LogP contribution >= 0.6 is 24.2 Å². The zero-order chi connectivity index (χ0) is 15.1. The lowest BCUT2D eigenvalue weighted by Gasteiger charge is -2.08. The molecule has 0 amide bonds. The SMILES string of the molecule is COc1ccc(N=C(Nc2ccc(OC)cc2)SC)cc1.Cl. The molecule has 118 valence electrons. The zero-order valence-corrected chi connectivity index (χ0v) is 14.3. The Labute approximate surface area is 141 Å². The van der Waals surface area contributed by atoms with E-state index < -0.39 is 0 Å². The smallest absolute Gasteiger partial charge is 0.165 e. The number of hydrogen-bond acceptors (Lipinski definition) is 4. The van der Waals surface area contributed by atoms with E-state index in [9.17, 15) is 0 Å². The van der Waals surface area contributed by atoms with Gasteiger partial charge in [-0.3, -0.25) is 0 Å². The molecule has 0 aliphatic rings. The number of halogens is 1. The topological polar surface area (TPSA) is 42.8 Å². The van der Waals surface area contributed by atoms with Crippen molar-refractivity contribution >= 4 is 40.7 Å². The largest absolute Gasteiger partial charge is 0.497 e. The Hall–Kier alpha value is -1.85. The normalized spacial score (nSPS) is 10.6. The number of anilines is 1. The minimum absolute atomic E-state index is 0. The first-order chi connectivity index (χ1) is 10.2. The van der Waals surface area contributed by atoms with E-state index in [0.29, 0.717) is 0 Å². The number of benzene rings is 2. The first-order valence-corrected chi connectivity index (χ1v) is 7.65. The Morgan fingerprint density at radius 1 is 0.909 bits per heavy atom. The highest BCUT2D eigenvalue weighted by Crippen LogP contribution is 2.21. The van der Waals surface area contributed by atoms with E-state index in [4.69, 9.17) is 9.47 Å². The van der Waals surface area contributed by atoms with Crippen LogP contribution in [-0.2, 0) is 0 Å². The quantitative estimate of drug-likeness (QED) is 0.654. The lowest BCUT2D eigenvalue weighted by atomic mass is 10.3. The predicted molar refractivity (Wildman–Crippen MR) is 97.5 cm³/mol. The van der Waals surface area contributed by atoms with Crippen molar-refractivity contribution in [1.29, 1.82) is 0 Å². The van der Waals surface area contributed by atoms with Crippen molar-refractivity contribution in [3.63, 3.8) is 0 Å². The van der Waals surface area contributed by atoms with E-state index in [1.54, 1.807) is 26.0 Å². The van der Waals surface area contributed by atoms with Crippen LogP contribution in [0.15, 0.2) is 53.5 Å². The lowest BCUT2D eigenvalue weighted by molar-refractivity contribution is 0.415. The number of amidine groups is 1. The third-order valence-electron chi connectivity index (χ3n) is 2.84. The van der Waals surface area contributed by atoms with E-state index in [2.05, 4.69) is 10.3 Å². The van der Waals surface area contributed by atoms with E-state index in [-0.39, 0.29) is 12.4 Å². The number of nitrogens with one attached hydrogen (secondary N) is 1. The molecule has 0 atom stereocenters. The van der Waals surface area contributed by atoms with Crippen LogP contribution in [0.1, 0.15) is 0 Å². The number of thioether (sulfide) groups is 1. The van der Waals surface area contributed by atoms with Crippen LogP contribution in [0.4, 0.5) is 11.4 Å². The average Bonchev–Trinajstić information content (AvgIpc) is 2.55. The van der Waals surface area contributed by atoms with Gasteiger partial charge < -0.3 is 14.8 Å². The summed E-state index contributed by atoms with van der Waals surface area (Å²) in [6.45, 7) is 0. The molecule has 2 aromatic rings. The highest BCUT2D eigenvalue weighted by Gasteiger charge is 2.00. The highest BCUT2D eigenvalue weighted by molar-refractivity contribution is 8.13. The van der Waals surface area contributed by atoms with Gasteiger partial charge in [0.25, 0.3) is 0 Å². The van der Waals surface area contributed by atoms with Gasteiger partial charge in [-0.25, -0.2) is 4.99 Å². The number of nitrogens with zero attached hydrogens (tertiary/aromatic N) is 1. The third kappa shape index (κ3) is 5.16. The van der Waals surface area contributed by atoms with Crippen LogP contribution in [0, 0.1) is 0 Å². The van der Waals surface area contributed by atoms with Gasteiger partial charge in [0.2, 0.25) is 0 Å². The Bertz CT molecular complexity index is 601. The van der Waals surface area contributed by atoms with Crippen LogP contribution in [0.25, 0.3) is 0 Å². The summed E-state index contributed by atoms with van der Waals surface area (Å²) in [4.78, 5) is 4.57. The van der Waals surface area contributed by atoms with Gasteiger partial charge >= 0.3 is 0 Å². The minimum atomic E-state index is 0. The standard InChI is InChI=1S/C16H18N2O2S.ClH/c1-19-14-8-4-12(5-9-14)17-16(21-3)18-13-6-10-15(20-2)11-7-13;/h4-11H,1-3H3,(H,17,18);1H. The second-order valence-electron chi connectivity index (χ2n) is 4.17. The number of hydrogen-bond donors (Lipinski definition) is 1. The molecule has 0 spiro atoms. The molecule has 2 aromatic carbocycles. The zero-order valence-electron chi connectivity index (χ0n) is 12.7. The molecule has 1 N–H and O–H groups in total. The second kappa shape index (κ2) is 9.23. The molecule has 2 rings (SSSR count). The molecule has 0 saturated heterocycles. The summed E-state index contributed by atoms with van der Waals surface area (Å²) in [5, 5.41) is 4.11. The van der Waals surface area contributed by atoms with E-state index >= 15 is 0 Å². The summed E-state index contributed by atoms with van der Waals surface area (Å²) in [6, 6.07) is 15.4. The van der Waals surface area contributed by atoms with E-state index in [1.165, 1.54) is 0 Å². The van der Waals surface area contributed by atoms with Gasteiger partial charge in [0, 0.05) is 5.69 Å². The van der Waals surface area contributed by atoms with Crippen molar-refractivity contribution in [2.45, 2.75) is 0 Å². The molecular weight excluding hydrogens is 320 g/mol. The van der Waals surface area contributed by atoms with Gasteiger partial charge in [-0.05, 0) is 54.8 Å². The number of aliphatic imine (C=N–C) groups is 1. The molecule has 0 heterocycles. The molecule has 0 aromatic heterocycles. The van der Waals surface area contributed by atoms with Gasteiger partial charge in [0.15, 0.2) is 5.17 Å². The summed E-state index contributed by atoms with van der Waals surface area (Å²) < 4.78 is 10.3. The molecule has 0 radical (unpaired) electrons. The number of methoxy groups -OCH3 is 2. The van der Waals surface area contributed by atoms with Gasteiger partial charge in [-0.2, -0.15) is 0 Å². The van der Waals surface area contributed by atoms with Crippen LogP contribution in [0.3, 0.4) is 0 Å². The Morgan fingerprint density at radius 3 is 1.86 bits per heavy atom. The average molecular weight is 339 g/mol. The molecule has 0 saturated carbocycles. The van der Waals surface area contributed by atoms with Crippen LogP contribution in [-0.4, -0.2) is 25.6 Å². The molecule has 4 nitrogen and oxygen atoms in total. The first-order valence-electron chi connectivity index (χ1n) is 6.43. The van der Waals surface area contributed by atoms with Crippen LogP contribution < -0.4 is 14.8 Å². The Balaban J connectivity index is 0.00000242. The molecule has 6 heteroatoms. The molecular formula is C16H19ClN2O2S. The second-order valence-corrected chi connectivity index (χ2v) is 4.97. The molecule has 0 bridgehead atoms. The molecule has 0 aliphatic carbocycles. The maximum absolute atomic E-state index is 5.14.